The Bertz CT molecular complexity index is 1250. The molecule has 2 aromatic heterocycles. The van der Waals surface area contributed by atoms with Crippen LogP contribution in [0.3, 0.4) is 0 Å². The Labute approximate surface area is 197 Å². The molecule has 1 amide bonds. The minimum Gasteiger partial charge on any atom is -0.494 e. The number of furan rings is 1. The van der Waals surface area contributed by atoms with E-state index in [4.69, 9.17) is 9.15 Å². The number of piperidine rings is 1. The van der Waals surface area contributed by atoms with Crippen molar-refractivity contribution in [1.29, 1.82) is 0 Å². The maximum absolute atomic E-state index is 12.3. The van der Waals surface area contributed by atoms with Crippen molar-refractivity contribution in [1.82, 2.24) is 14.9 Å². The lowest BCUT2D eigenvalue weighted by atomic mass is 9.83. The first-order chi connectivity index (χ1) is 16.6. The van der Waals surface area contributed by atoms with Gasteiger partial charge in [-0.05, 0) is 61.2 Å². The number of hydrogen-bond donors (Lipinski definition) is 1. The lowest BCUT2D eigenvalue weighted by Gasteiger charge is -2.43. The minimum atomic E-state index is -0.397. The highest BCUT2D eigenvalue weighted by molar-refractivity contribution is 5.92. The SMILES string of the molecule is CCOc1ccc(C=NNC(=O)c2ccco2)cc1CN1CC2CC(C1)c1cccc(=O)n1C2. The highest BCUT2D eigenvalue weighted by Crippen LogP contribution is 2.36. The average Bonchev–Trinajstić information content (AvgIpc) is 3.37. The summed E-state index contributed by atoms with van der Waals surface area (Å²) in [6, 6.07) is 14.8. The fourth-order valence-electron chi connectivity index (χ4n) is 5.09. The van der Waals surface area contributed by atoms with E-state index in [1.807, 2.05) is 29.7 Å². The summed E-state index contributed by atoms with van der Waals surface area (Å²) in [7, 11) is 0. The first kappa shape index (κ1) is 22.2. The molecule has 0 radical (unpaired) electrons. The number of nitrogens with one attached hydrogen (secondary N) is 1. The molecule has 2 aliphatic heterocycles. The molecule has 176 valence electrons. The second-order valence-electron chi connectivity index (χ2n) is 8.87. The van der Waals surface area contributed by atoms with E-state index >= 15 is 0 Å². The van der Waals surface area contributed by atoms with E-state index < -0.39 is 5.91 Å². The van der Waals surface area contributed by atoms with Crippen molar-refractivity contribution in [2.24, 2.45) is 11.0 Å². The number of pyridine rings is 1. The third-order valence-electron chi connectivity index (χ3n) is 6.46. The van der Waals surface area contributed by atoms with Crippen molar-refractivity contribution in [3.05, 3.63) is 87.7 Å². The van der Waals surface area contributed by atoms with Crippen LogP contribution in [0.4, 0.5) is 0 Å². The number of carbonyl (C=O) groups excluding carboxylic acids is 1. The third-order valence-corrected chi connectivity index (χ3v) is 6.46. The van der Waals surface area contributed by atoms with Gasteiger partial charge in [0.05, 0.1) is 19.1 Å². The van der Waals surface area contributed by atoms with Crippen LogP contribution >= 0.6 is 0 Å². The van der Waals surface area contributed by atoms with Crippen molar-refractivity contribution in [3.63, 3.8) is 0 Å². The van der Waals surface area contributed by atoms with Gasteiger partial charge in [0, 0.05) is 49.4 Å². The standard InChI is InChI=1S/C26H28N4O4/c1-2-33-23-9-8-18(13-27-28-26(32)24-6-4-10-34-24)11-21(23)17-29-14-19-12-20(16-29)22-5-3-7-25(31)30(22)15-19/h3-11,13,19-20H,2,12,14-17H2,1H3,(H,28,32). The Hall–Kier alpha value is -3.65. The Balaban J connectivity index is 1.31. The zero-order valence-corrected chi connectivity index (χ0v) is 19.1. The summed E-state index contributed by atoms with van der Waals surface area (Å²) in [5.74, 6) is 1.49. The van der Waals surface area contributed by atoms with E-state index in [0.29, 0.717) is 18.4 Å². The molecule has 8 heteroatoms. The van der Waals surface area contributed by atoms with E-state index in [1.165, 1.54) is 6.26 Å². The molecule has 0 saturated carbocycles. The van der Waals surface area contributed by atoms with Crippen LogP contribution in [0.25, 0.3) is 0 Å². The Morgan fingerprint density at radius 2 is 2.12 bits per heavy atom. The summed E-state index contributed by atoms with van der Waals surface area (Å²) in [6.45, 7) is 5.94. The van der Waals surface area contributed by atoms with Crippen molar-refractivity contribution in [2.75, 3.05) is 19.7 Å². The van der Waals surface area contributed by atoms with Crippen molar-refractivity contribution < 1.29 is 13.9 Å². The van der Waals surface area contributed by atoms with E-state index in [0.717, 1.165) is 55.2 Å². The van der Waals surface area contributed by atoms with Crippen LogP contribution in [0.5, 0.6) is 5.75 Å². The molecule has 1 fully saturated rings. The zero-order valence-electron chi connectivity index (χ0n) is 19.1. The molecule has 1 N–H and O–H groups in total. The first-order valence-corrected chi connectivity index (χ1v) is 11.7. The van der Waals surface area contributed by atoms with Crippen molar-refractivity contribution in [3.8, 4) is 5.75 Å². The number of aromatic nitrogens is 1. The monoisotopic (exact) mass is 460 g/mol. The van der Waals surface area contributed by atoms with E-state index in [2.05, 4.69) is 27.6 Å². The summed E-state index contributed by atoms with van der Waals surface area (Å²) >= 11 is 0. The van der Waals surface area contributed by atoms with Crippen molar-refractivity contribution >= 4 is 12.1 Å². The molecule has 4 heterocycles. The lowest BCUT2D eigenvalue weighted by molar-refractivity contribution is 0.0927. The molecule has 3 aromatic rings. The topological polar surface area (TPSA) is 89.1 Å². The van der Waals surface area contributed by atoms with E-state index in [-0.39, 0.29) is 11.3 Å². The number of rotatable bonds is 7. The van der Waals surface area contributed by atoms with Crippen LogP contribution in [-0.2, 0) is 13.1 Å². The van der Waals surface area contributed by atoms with Gasteiger partial charge in [0.25, 0.3) is 5.56 Å². The van der Waals surface area contributed by atoms with Crippen LogP contribution < -0.4 is 15.7 Å². The molecule has 34 heavy (non-hydrogen) atoms. The Morgan fingerprint density at radius 3 is 2.94 bits per heavy atom. The molecule has 0 aliphatic carbocycles. The van der Waals surface area contributed by atoms with Gasteiger partial charge in [-0.2, -0.15) is 5.10 Å². The fourth-order valence-corrected chi connectivity index (χ4v) is 5.09. The zero-order chi connectivity index (χ0) is 23.5. The van der Waals surface area contributed by atoms with Gasteiger partial charge in [-0.1, -0.05) is 6.07 Å². The van der Waals surface area contributed by atoms with Crippen molar-refractivity contribution in [2.45, 2.75) is 32.4 Å². The van der Waals surface area contributed by atoms with Crippen LogP contribution in [0.15, 0.2) is 69.1 Å². The maximum Gasteiger partial charge on any atom is 0.307 e. The number of fused-ring (bicyclic) bond motifs is 4. The number of ether oxygens (including phenoxy) is 1. The predicted molar refractivity (Wildman–Crippen MR) is 128 cm³/mol. The van der Waals surface area contributed by atoms with Crippen LogP contribution in [0.1, 0.15) is 46.6 Å². The largest absolute Gasteiger partial charge is 0.494 e. The first-order valence-electron chi connectivity index (χ1n) is 11.7. The van der Waals surface area contributed by atoms with Gasteiger partial charge >= 0.3 is 5.91 Å². The summed E-state index contributed by atoms with van der Waals surface area (Å²) in [4.78, 5) is 26.8. The fraction of sp³-hybridized carbons (Fsp3) is 0.346. The number of benzene rings is 1. The highest BCUT2D eigenvalue weighted by Gasteiger charge is 2.34. The summed E-state index contributed by atoms with van der Waals surface area (Å²) in [6.07, 6.45) is 4.19. The number of hydrogen-bond acceptors (Lipinski definition) is 6. The summed E-state index contributed by atoms with van der Waals surface area (Å²) in [5.41, 5.74) is 5.67. The third kappa shape index (κ3) is 4.68. The number of carbonyl (C=O) groups is 1. The molecular formula is C26H28N4O4. The van der Waals surface area contributed by atoms with Crippen LogP contribution in [0, 0.1) is 5.92 Å². The van der Waals surface area contributed by atoms with Gasteiger partial charge in [-0.25, -0.2) is 5.43 Å². The highest BCUT2D eigenvalue weighted by atomic mass is 16.5. The van der Waals surface area contributed by atoms with Gasteiger partial charge < -0.3 is 13.7 Å². The Morgan fingerprint density at radius 1 is 1.21 bits per heavy atom. The molecule has 1 saturated heterocycles. The average molecular weight is 461 g/mol. The van der Waals surface area contributed by atoms with Gasteiger partial charge in [0.2, 0.25) is 0 Å². The molecule has 2 atom stereocenters. The van der Waals surface area contributed by atoms with Gasteiger partial charge in [0.1, 0.15) is 5.75 Å². The summed E-state index contributed by atoms with van der Waals surface area (Å²) in [5, 5.41) is 4.07. The quantitative estimate of drug-likeness (QED) is 0.432. The van der Waals surface area contributed by atoms with E-state index in [9.17, 15) is 9.59 Å². The van der Waals surface area contributed by atoms with Gasteiger partial charge in [0.15, 0.2) is 5.76 Å². The van der Waals surface area contributed by atoms with E-state index in [1.54, 1.807) is 24.4 Å². The number of likely N-dealkylation sites (tertiary alicyclic amines) is 1. The van der Waals surface area contributed by atoms with Crippen LogP contribution in [-0.4, -0.2) is 41.3 Å². The molecule has 2 aliphatic rings. The molecule has 2 unspecified atom stereocenters. The van der Waals surface area contributed by atoms with Crippen LogP contribution in [0.2, 0.25) is 0 Å². The number of amides is 1. The maximum atomic E-state index is 12.3. The summed E-state index contributed by atoms with van der Waals surface area (Å²) < 4.78 is 12.9. The molecular weight excluding hydrogens is 432 g/mol. The molecule has 8 nitrogen and oxygen atoms in total. The smallest absolute Gasteiger partial charge is 0.307 e. The normalized spacial score (nSPS) is 19.7. The molecule has 1 aromatic carbocycles. The second-order valence-corrected chi connectivity index (χ2v) is 8.87. The lowest BCUT2D eigenvalue weighted by Crippen LogP contribution is -2.46. The molecule has 0 spiro atoms. The molecule has 5 rings (SSSR count). The minimum absolute atomic E-state index is 0.102. The van der Waals surface area contributed by atoms with Gasteiger partial charge in [-0.15, -0.1) is 0 Å². The number of nitrogens with zero attached hydrogens (tertiary/aromatic N) is 3. The Kier molecular flexibility index (Phi) is 6.31. The predicted octanol–water partition coefficient (Wildman–Crippen LogP) is 3.22. The number of hydrazone groups is 1. The molecule has 2 bridgehead atoms. The van der Waals surface area contributed by atoms with Gasteiger partial charge in [-0.3, -0.25) is 14.5 Å². The second kappa shape index (κ2) is 9.69.